The molecule has 0 bridgehead atoms. The van der Waals surface area contributed by atoms with Gasteiger partial charge in [-0.1, -0.05) is 39.2 Å². The molecule has 3 unspecified atom stereocenters. The van der Waals surface area contributed by atoms with Gasteiger partial charge in [0.1, 0.15) is 22.7 Å². The molecule has 0 aromatic carbocycles. The third-order valence-electron chi connectivity index (χ3n) is 5.21. The Kier molecular flexibility index (Phi) is 59.1. The van der Waals surface area contributed by atoms with Gasteiger partial charge in [0.25, 0.3) is 19.4 Å². The molecule has 55 heavy (non-hydrogen) atoms. The zero-order valence-electron chi connectivity index (χ0n) is 33.4. The van der Waals surface area contributed by atoms with Crippen molar-refractivity contribution in [3.05, 3.63) is 12.3 Å². The van der Waals surface area contributed by atoms with Crippen LogP contribution in [-0.4, -0.2) is 112 Å². The number of hydrogen-bond acceptors (Lipinski definition) is 16. The number of carbonyl (C=O) groups excluding carboxylic acids is 6. The number of hydrogen-bond donors (Lipinski definition) is 5. The predicted octanol–water partition coefficient (Wildman–Crippen LogP) is -1.29. The van der Waals surface area contributed by atoms with Gasteiger partial charge in [-0.2, -0.15) is 9.59 Å². The summed E-state index contributed by atoms with van der Waals surface area (Å²) >= 11 is 0. The molecule has 0 spiro atoms. The normalized spacial score (nSPS) is 14.7. The monoisotopic (exact) mass is 814 g/mol. The quantitative estimate of drug-likeness (QED) is 0.0303. The Balaban J connectivity index is -0.0000000817. The van der Waals surface area contributed by atoms with Crippen LogP contribution in [0, 0.1) is 37.5 Å². The van der Waals surface area contributed by atoms with Crippen molar-refractivity contribution in [3.8, 4) is 37.5 Å². The van der Waals surface area contributed by atoms with E-state index in [-0.39, 0.29) is 83.0 Å². The van der Waals surface area contributed by atoms with E-state index in [0.29, 0.717) is 83.3 Å². The summed E-state index contributed by atoms with van der Waals surface area (Å²) in [6.45, 7) is 16.1. The topological polar surface area (TPSA) is 281 Å². The Morgan fingerprint density at radius 1 is 0.891 bits per heavy atom. The van der Waals surface area contributed by atoms with Crippen LogP contribution in [0.2, 0.25) is 0 Å². The van der Waals surface area contributed by atoms with Crippen LogP contribution in [0.5, 0.6) is 0 Å². The van der Waals surface area contributed by atoms with E-state index in [1.165, 1.54) is 6.92 Å². The van der Waals surface area contributed by atoms with Gasteiger partial charge < -0.3 is 54.4 Å². The Labute approximate surface area is 367 Å². The van der Waals surface area contributed by atoms with Crippen LogP contribution in [0.3, 0.4) is 0 Å². The summed E-state index contributed by atoms with van der Waals surface area (Å²) in [6, 6.07) is 0. The fraction of sp³-hybridized carbons (Fsp3) is 0.622. The molecule has 5 N–H and O–H groups in total. The van der Waals surface area contributed by atoms with Crippen LogP contribution in [0.1, 0.15) is 99.8 Å². The minimum Gasteiger partial charge on any atom is -0.850 e. The molecule has 0 saturated carbocycles. The molecule has 1 saturated heterocycles. The number of ketones is 1. The second kappa shape index (κ2) is 46.7. The second-order valence-electron chi connectivity index (χ2n) is 11.7. The van der Waals surface area contributed by atoms with Gasteiger partial charge >= 0.3 is 63.7 Å². The number of carbonyl (C=O) groups is 5. The maximum atomic E-state index is 10.8. The Hall–Kier alpha value is -3.41. The molecule has 1 rings (SSSR count). The van der Waals surface area contributed by atoms with Crippen LogP contribution in [0.15, 0.2) is 12.3 Å². The van der Waals surface area contributed by atoms with E-state index in [9.17, 15) is 29.4 Å². The van der Waals surface area contributed by atoms with E-state index in [2.05, 4.69) is 45.5 Å². The minimum atomic E-state index is -1.08. The zero-order chi connectivity index (χ0) is 44.3. The van der Waals surface area contributed by atoms with Crippen LogP contribution < -0.4 is 56.5 Å². The molecule has 17 nitrogen and oxygen atoms in total. The molecule has 0 aromatic heterocycles. The standard InChI is InChI=1S/C9H12O5.C8H12O3.C7H12O2.C5H10O2.C4H9O.C2H2.CH2O2.CO2.K/c1-7-9(2,14-8(11)13-7)4-3-5-12-6-10;1-3-8(2,10)5-4-6-11-7-9;1-3-7(2,9)5-4-6-8;1-5(7)3-2-4-6;1-4(2,3)5;1-2;2*2-1-3;/h6H,1,3-5H2,2H3;1,7,10H,4-6H2,2H3;1,8-9H,4-6H2,2H3;6H,2-4H2,1H3;1-3H3;1-2H;1H,(H,2,3);;/q;;;;-1;;;;+1. The minimum absolute atomic E-state index is 0. The van der Waals surface area contributed by atoms with E-state index >= 15 is 0 Å². The first-order valence-corrected chi connectivity index (χ1v) is 15.9. The number of cyclic esters (lactones) is 2. The fourth-order valence-corrected chi connectivity index (χ4v) is 2.65. The summed E-state index contributed by atoms with van der Waals surface area (Å²) < 4.78 is 18.5. The van der Waals surface area contributed by atoms with E-state index < -0.39 is 28.6 Å². The van der Waals surface area contributed by atoms with Crippen molar-refractivity contribution in [2.24, 2.45) is 0 Å². The van der Waals surface area contributed by atoms with Crippen molar-refractivity contribution < 1.29 is 135 Å². The van der Waals surface area contributed by atoms with Crippen LogP contribution in [0.4, 0.5) is 4.79 Å². The molecule has 1 aliphatic heterocycles. The summed E-state index contributed by atoms with van der Waals surface area (Å²) in [5, 5.41) is 51.9. The summed E-state index contributed by atoms with van der Waals surface area (Å²) in [7, 11) is 0. The summed E-state index contributed by atoms with van der Waals surface area (Å²) in [6.07, 6.45) is 21.8. The molecule has 1 fully saturated rings. The van der Waals surface area contributed by atoms with Gasteiger partial charge in [0.15, 0.2) is 5.60 Å². The largest absolute Gasteiger partial charge is 1.00 e. The van der Waals surface area contributed by atoms with Crippen molar-refractivity contribution in [3.63, 3.8) is 0 Å². The van der Waals surface area contributed by atoms with Crippen molar-refractivity contribution in [1.82, 2.24) is 0 Å². The van der Waals surface area contributed by atoms with Gasteiger partial charge in [0.05, 0.1) is 13.2 Å². The van der Waals surface area contributed by atoms with E-state index in [1.54, 1.807) is 41.5 Å². The molecule has 0 aromatic rings. The van der Waals surface area contributed by atoms with Gasteiger partial charge in [-0.3, -0.25) is 14.4 Å². The molecular weight excluding hydrogens is 755 g/mol. The molecule has 1 heterocycles. The van der Waals surface area contributed by atoms with Gasteiger partial charge in [-0.15, -0.1) is 31.3 Å². The Morgan fingerprint density at radius 3 is 1.49 bits per heavy atom. The number of carboxylic acid groups (broad SMARTS) is 1. The number of Topliss-reactive ketones (excluding diaryl/α,β-unsaturated/α-hetero) is 1. The van der Waals surface area contributed by atoms with Gasteiger partial charge in [0.2, 0.25) is 0 Å². The molecular formula is C37H59KO17. The number of ether oxygens (including phenoxy) is 4. The maximum Gasteiger partial charge on any atom is 1.00 e. The fourth-order valence-electron chi connectivity index (χ4n) is 2.65. The van der Waals surface area contributed by atoms with E-state index in [0.717, 1.165) is 0 Å². The maximum absolute atomic E-state index is 10.8. The molecule has 3 atom stereocenters. The third kappa shape index (κ3) is 72.5. The first-order chi connectivity index (χ1) is 24.9. The number of aliphatic hydroxyl groups is 4. The number of aliphatic hydroxyl groups excluding tert-OH is 2. The predicted molar refractivity (Wildman–Crippen MR) is 193 cm³/mol. The second-order valence-corrected chi connectivity index (χ2v) is 11.7. The van der Waals surface area contributed by atoms with Gasteiger partial charge in [-0.05, 0) is 72.6 Å². The van der Waals surface area contributed by atoms with Crippen LogP contribution in [0.25, 0.3) is 0 Å². The average molecular weight is 815 g/mol. The molecule has 0 aliphatic carbocycles. The molecule has 1 aliphatic rings. The smallest absolute Gasteiger partial charge is 0.850 e. The number of rotatable bonds is 16. The summed E-state index contributed by atoms with van der Waals surface area (Å²) in [5.41, 5.74) is -3.65. The van der Waals surface area contributed by atoms with Crippen molar-refractivity contribution in [2.75, 3.05) is 26.4 Å². The zero-order valence-corrected chi connectivity index (χ0v) is 36.5. The van der Waals surface area contributed by atoms with Gasteiger partial charge in [-0.25, -0.2) is 4.79 Å². The SMILES string of the molecule is C#C.C#CC(C)(O)CCCO.C#CC(C)(O)CCCOC=O.C=C1OC(=O)OC1(C)CCCOC=O.CC(=O)CCCO.CC(C)(C)[O-].O=C=O.O=CO.[K+]. The van der Waals surface area contributed by atoms with E-state index in [1.807, 2.05) is 0 Å². The van der Waals surface area contributed by atoms with Crippen LogP contribution >= 0.6 is 0 Å². The van der Waals surface area contributed by atoms with Gasteiger partial charge in [0, 0.05) is 19.6 Å². The molecule has 310 valence electrons. The van der Waals surface area contributed by atoms with E-state index in [4.69, 9.17) is 52.4 Å². The Morgan fingerprint density at radius 2 is 1.24 bits per heavy atom. The Bertz CT molecular complexity index is 1120. The average Bonchev–Trinajstić information content (AvgIpc) is 3.35. The first-order valence-electron chi connectivity index (χ1n) is 15.9. The van der Waals surface area contributed by atoms with Crippen LogP contribution in [-0.2, 0) is 47.7 Å². The van der Waals surface area contributed by atoms with Crippen molar-refractivity contribution in [2.45, 2.75) is 122 Å². The molecule has 0 radical (unpaired) electrons. The first kappa shape index (κ1) is 69.5. The van der Waals surface area contributed by atoms with Crippen molar-refractivity contribution in [1.29, 1.82) is 0 Å². The molecule has 18 heteroatoms. The van der Waals surface area contributed by atoms with Crippen molar-refractivity contribution >= 4 is 37.5 Å². The molecule has 0 amide bonds. The summed E-state index contributed by atoms with van der Waals surface area (Å²) in [5.74, 6) is 4.90. The summed E-state index contributed by atoms with van der Waals surface area (Å²) in [4.78, 5) is 65.0. The third-order valence-corrected chi connectivity index (χ3v) is 5.21. The number of terminal acetylenes is 3.